The first-order chi connectivity index (χ1) is 18.2. The third-order valence-electron chi connectivity index (χ3n) is 6.62. The number of rotatable bonds is 9. The van der Waals surface area contributed by atoms with Crippen molar-refractivity contribution in [3.8, 4) is 22.6 Å². The summed E-state index contributed by atoms with van der Waals surface area (Å²) >= 11 is 0. The normalized spacial score (nSPS) is 13.8. The Morgan fingerprint density at radius 2 is 1.71 bits per heavy atom. The molecule has 0 aromatic heterocycles. The van der Waals surface area contributed by atoms with Crippen molar-refractivity contribution in [3.05, 3.63) is 89.2 Å². The number of allylic oxidation sites excluding steroid dienone is 2. The van der Waals surface area contributed by atoms with E-state index in [4.69, 9.17) is 14.6 Å². The van der Waals surface area contributed by atoms with Gasteiger partial charge in [-0.3, -0.25) is 4.79 Å². The molecule has 0 heterocycles. The summed E-state index contributed by atoms with van der Waals surface area (Å²) in [6.45, 7) is 9.05. The molecule has 4 nitrogen and oxygen atoms in total. The van der Waals surface area contributed by atoms with Crippen LogP contribution < -0.4 is 9.47 Å². The Labute approximate surface area is 226 Å². The molecule has 1 aliphatic rings. The fraction of sp³-hybridized carbons (Fsp3) is 0.364. The molecule has 0 saturated carbocycles. The SMILES string of the molecule is CCC.COc1ccc(F)c(-c2ccc(COc3cccc(CCC(=O)O)c3)cc2C2=CCCC2(C)C)c1. The van der Waals surface area contributed by atoms with E-state index in [0.717, 1.165) is 35.1 Å². The first-order valence-electron chi connectivity index (χ1n) is 13.3. The lowest BCUT2D eigenvalue weighted by Crippen LogP contribution is -2.10. The van der Waals surface area contributed by atoms with E-state index in [1.54, 1.807) is 19.2 Å². The van der Waals surface area contributed by atoms with Gasteiger partial charge in [0, 0.05) is 12.0 Å². The summed E-state index contributed by atoms with van der Waals surface area (Å²) in [5.74, 6) is 0.200. The van der Waals surface area contributed by atoms with E-state index >= 15 is 0 Å². The van der Waals surface area contributed by atoms with E-state index < -0.39 is 5.97 Å². The van der Waals surface area contributed by atoms with E-state index in [-0.39, 0.29) is 17.7 Å². The zero-order valence-electron chi connectivity index (χ0n) is 23.1. The molecule has 1 aliphatic carbocycles. The standard InChI is InChI=1S/C30H31FO4.C3H8/c1-30(2)15-5-8-27(30)25-17-21(9-12-24(25)26-18-22(34-3)11-13-28(26)31)19-35-23-7-4-6-20(16-23)10-14-29(32)33;1-3-2/h4,6-9,11-13,16-18H,5,10,14-15,19H2,1-3H3,(H,32,33);3H2,1-2H3. The third kappa shape index (κ3) is 7.47. The summed E-state index contributed by atoms with van der Waals surface area (Å²) in [6, 6.07) is 18.4. The predicted molar refractivity (Wildman–Crippen MR) is 152 cm³/mol. The van der Waals surface area contributed by atoms with Crippen LogP contribution in [0.15, 0.2) is 66.7 Å². The van der Waals surface area contributed by atoms with Crippen LogP contribution in [0.1, 0.15) is 70.1 Å². The Balaban J connectivity index is 0.00000127. The van der Waals surface area contributed by atoms with Gasteiger partial charge in [0.1, 0.15) is 23.9 Å². The molecule has 202 valence electrons. The van der Waals surface area contributed by atoms with Crippen molar-refractivity contribution in [1.29, 1.82) is 0 Å². The fourth-order valence-electron chi connectivity index (χ4n) is 4.65. The molecular formula is C33H39FO4. The van der Waals surface area contributed by atoms with Crippen LogP contribution in [0, 0.1) is 11.2 Å². The second kappa shape index (κ2) is 13.3. The van der Waals surface area contributed by atoms with Crippen molar-refractivity contribution in [1.82, 2.24) is 0 Å². The second-order valence-corrected chi connectivity index (χ2v) is 10.3. The Bertz CT molecular complexity index is 1280. The molecular weight excluding hydrogens is 479 g/mol. The van der Waals surface area contributed by atoms with Crippen LogP contribution in [-0.2, 0) is 17.8 Å². The highest BCUT2D eigenvalue weighted by molar-refractivity contribution is 5.85. The Morgan fingerprint density at radius 3 is 2.37 bits per heavy atom. The monoisotopic (exact) mass is 518 g/mol. The average Bonchev–Trinajstić information content (AvgIpc) is 3.26. The number of hydrogen-bond donors (Lipinski definition) is 1. The lowest BCUT2D eigenvalue weighted by atomic mass is 9.79. The molecule has 0 amide bonds. The van der Waals surface area contributed by atoms with Crippen molar-refractivity contribution in [2.75, 3.05) is 7.11 Å². The fourth-order valence-corrected chi connectivity index (χ4v) is 4.65. The quantitative estimate of drug-likeness (QED) is 0.308. The van der Waals surface area contributed by atoms with Crippen LogP contribution in [0.5, 0.6) is 11.5 Å². The van der Waals surface area contributed by atoms with Crippen LogP contribution >= 0.6 is 0 Å². The Kier molecular flexibility index (Phi) is 10.1. The zero-order chi connectivity index (χ0) is 27.7. The van der Waals surface area contributed by atoms with Crippen LogP contribution in [-0.4, -0.2) is 18.2 Å². The number of methoxy groups -OCH3 is 1. The van der Waals surface area contributed by atoms with E-state index in [0.29, 0.717) is 30.1 Å². The lowest BCUT2D eigenvalue weighted by molar-refractivity contribution is -0.136. The summed E-state index contributed by atoms with van der Waals surface area (Å²) in [5.41, 5.74) is 5.47. The van der Waals surface area contributed by atoms with Crippen LogP contribution in [0.4, 0.5) is 4.39 Å². The summed E-state index contributed by atoms with van der Waals surface area (Å²) in [4.78, 5) is 10.9. The first kappa shape index (κ1) is 29.0. The molecule has 0 fully saturated rings. The number of aliphatic carboxylic acids is 1. The second-order valence-electron chi connectivity index (χ2n) is 10.3. The van der Waals surface area contributed by atoms with Gasteiger partial charge in [0.25, 0.3) is 0 Å². The lowest BCUT2D eigenvalue weighted by Gasteiger charge is -2.25. The van der Waals surface area contributed by atoms with Gasteiger partial charge in [-0.25, -0.2) is 4.39 Å². The summed E-state index contributed by atoms with van der Waals surface area (Å²) < 4.78 is 26.3. The Hall–Kier alpha value is -3.60. The number of benzene rings is 3. The number of halogens is 1. The maximum Gasteiger partial charge on any atom is 0.303 e. The van der Waals surface area contributed by atoms with Gasteiger partial charge in [-0.15, -0.1) is 0 Å². The van der Waals surface area contributed by atoms with Gasteiger partial charge in [-0.1, -0.05) is 64.5 Å². The maximum absolute atomic E-state index is 14.9. The van der Waals surface area contributed by atoms with Gasteiger partial charge >= 0.3 is 5.97 Å². The minimum absolute atomic E-state index is 0.0119. The molecule has 0 spiro atoms. The maximum atomic E-state index is 14.9. The van der Waals surface area contributed by atoms with E-state index in [1.165, 1.54) is 18.1 Å². The summed E-state index contributed by atoms with van der Waals surface area (Å²) in [5, 5.41) is 8.93. The highest BCUT2D eigenvalue weighted by Crippen LogP contribution is 2.47. The Morgan fingerprint density at radius 1 is 0.947 bits per heavy atom. The van der Waals surface area contributed by atoms with Gasteiger partial charge in [-0.05, 0) is 88.9 Å². The zero-order valence-corrected chi connectivity index (χ0v) is 23.1. The molecule has 0 atom stereocenters. The van der Waals surface area contributed by atoms with Crippen molar-refractivity contribution < 1.29 is 23.8 Å². The van der Waals surface area contributed by atoms with E-state index in [9.17, 15) is 9.18 Å². The molecule has 4 rings (SSSR count). The number of aryl methyl sites for hydroxylation is 1. The minimum atomic E-state index is -0.819. The van der Waals surface area contributed by atoms with Crippen molar-refractivity contribution in [2.24, 2.45) is 5.41 Å². The number of carbonyl (C=O) groups is 1. The van der Waals surface area contributed by atoms with Gasteiger partial charge in [0.2, 0.25) is 0 Å². The van der Waals surface area contributed by atoms with E-state index in [1.807, 2.05) is 36.4 Å². The smallest absolute Gasteiger partial charge is 0.303 e. The van der Waals surface area contributed by atoms with Gasteiger partial charge < -0.3 is 14.6 Å². The number of ether oxygens (including phenoxy) is 2. The number of carboxylic acids is 1. The van der Waals surface area contributed by atoms with Crippen LogP contribution in [0.25, 0.3) is 16.7 Å². The molecule has 0 unspecified atom stereocenters. The molecule has 0 bridgehead atoms. The predicted octanol–water partition coefficient (Wildman–Crippen LogP) is 8.72. The van der Waals surface area contributed by atoms with Crippen molar-refractivity contribution in [2.45, 2.75) is 66.4 Å². The first-order valence-corrected chi connectivity index (χ1v) is 13.3. The molecule has 1 N–H and O–H groups in total. The van der Waals surface area contributed by atoms with Gasteiger partial charge in [0.05, 0.1) is 7.11 Å². The van der Waals surface area contributed by atoms with Crippen LogP contribution in [0.3, 0.4) is 0 Å². The number of carboxylic acid groups (broad SMARTS) is 1. The topological polar surface area (TPSA) is 55.8 Å². The highest BCUT2D eigenvalue weighted by atomic mass is 19.1. The minimum Gasteiger partial charge on any atom is -0.497 e. The summed E-state index contributed by atoms with van der Waals surface area (Å²) in [6.07, 6.45) is 6.09. The third-order valence-corrected chi connectivity index (χ3v) is 6.62. The van der Waals surface area contributed by atoms with Crippen molar-refractivity contribution in [3.63, 3.8) is 0 Å². The molecule has 38 heavy (non-hydrogen) atoms. The molecule has 0 saturated heterocycles. The van der Waals surface area contributed by atoms with Gasteiger partial charge in [-0.2, -0.15) is 0 Å². The molecule has 0 aliphatic heterocycles. The van der Waals surface area contributed by atoms with Crippen LogP contribution in [0.2, 0.25) is 0 Å². The largest absolute Gasteiger partial charge is 0.497 e. The highest BCUT2D eigenvalue weighted by Gasteiger charge is 2.30. The number of hydrogen-bond acceptors (Lipinski definition) is 3. The summed E-state index contributed by atoms with van der Waals surface area (Å²) in [7, 11) is 1.58. The van der Waals surface area contributed by atoms with Crippen molar-refractivity contribution >= 4 is 11.5 Å². The average molecular weight is 519 g/mol. The molecule has 3 aromatic carbocycles. The van der Waals surface area contributed by atoms with E-state index in [2.05, 4.69) is 39.8 Å². The molecule has 0 radical (unpaired) electrons. The van der Waals surface area contributed by atoms with Gasteiger partial charge in [0.15, 0.2) is 0 Å². The molecule has 5 heteroatoms. The molecule has 3 aromatic rings.